The molecule has 0 bridgehead atoms. The molecule has 1 fully saturated rings. The number of hydrogen-bond acceptors (Lipinski definition) is 4. The third-order valence-electron chi connectivity index (χ3n) is 4.22. The number of halogens is 2. The van der Waals surface area contributed by atoms with Crippen molar-refractivity contribution >= 4 is 46.6 Å². The fraction of sp³-hybridized carbons (Fsp3) is 0.389. The zero-order valence-corrected chi connectivity index (χ0v) is 16.2. The van der Waals surface area contributed by atoms with E-state index in [1.54, 1.807) is 24.3 Å². The van der Waals surface area contributed by atoms with Crippen LogP contribution >= 0.6 is 23.2 Å². The minimum absolute atomic E-state index is 0.142. The van der Waals surface area contributed by atoms with Gasteiger partial charge in [0.15, 0.2) is 0 Å². The summed E-state index contributed by atoms with van der Waals surface area (Å²) < 4.78 is 5.20. The van der Waals surface area contributed by atoms with Gasteiger partial charge in [-0.2, -0.15) is 0 Å². The summed E-state index contributed by atoms with van der Waals surface area (Å²) in [5.41, 5.74) is 1.08. The second kappa shape index (κ2) is 6.93. The van der Waals surface area contributed by atoms with Crippen LogP contribution in [0.2, 0.25) is 10.0 Å². The molecule has 2 heterocycles. The maximum atomic E-state index is 12.7. The van der Waals surface area contributed by atoms with Crippen LogP contribution in [0, 0.1) is 0 Å². The van der Waals surface area contributed by atoms with E-state index < -0.39 is 6.04 Å². The van der Waals surface area contributed by atoms with Crippen molar-refractivity contribution in [1.29, 1.82) is 0 Å². The molecule has 8 heteroatoms. The number of nitrogens with zero attached hydrogens (tertiary/aromatic N) is 2. The Morgan fingerprint density at radius 1 is 1.27 bits per heavy atom. The molecule has 138 valence electrons. The highest BCUT2D eigenvalue weighted by molar-refractivity contribution is 6.42. The van der Waals surface area contributed by atoms with Gasteiger partial charge in [-0.25, -0.2) is 0 Å². The van der Waals surface area contributed by atoms with Gasteiger partial charge in [-0.15, -0.1) is 0 Å². The summed E-state index contributed by atoms with van der Waals surface area (Å²) in [7, 11) is 0. The molecule has 1 N–H and O–H groups in total. The maximum Gasteiger partial charge on any atom is 0.249 e. The Balaban J connectivity index is 1.80. The maximum absolute atomic E-state index is 12.7. The first-order valence-electron chi connectivity index (χ1n) is 8.22. The predicted molar refractivity (Wildman–Crippen MR) is 101 cm³/mol. The van der Waals surface area contributed by atoms with Crippen LogP contribution in [0.15, 0.2) is 28.8 Å². The minimum atomic E-state index is -0.650. The van der Waals surface area contributed by atoms with Crippen molar-refractivity contribution in [3.05, 3.63) is 40.0 Å². The summed E-state index contributed by atoms with van der Waals surface area (Å²) in [6, 6.07) is 5.90. The smallest absolute Gasteiger partial charge is 0.249 e. The van der Waals surface area contributed by atoms with Crippen LogP contribution in [-0.2, 0) is 15.0 Å². The van der Waals surface area contributed by atoms with Crippen LogP contribution in [0.3, 0.4) is 0 Å². The summed E-state index contributed by atoms with van der Waals surface area (Å²) in [5, 5.41) is 7.40. The Morgan fingerprint density at radius 3 is 2.62 bits per heavy atom. The highest BCUT2D eigenvalue weighted by Gasteiger charge is 2.37. The molecule has 0 radical (unpaired) electrons. The van der Waals surface area contributed by atoms with Gasteiger partial charge in [-0.3, -0.25) is 19.8 Å². The van der Waals surface area contributed by atoms with Gasteiger partial charge in [0.1, 0.15) is 6.04 Å². The van der Waals surface area contributed by atoms with Crippen molar-refractivity contribution in [1.82, 2.24) is 5.16 Å². The minimum Gasteiger partial charge on any atom is -0.338 e. The van der Waals surface area contributed by atoms with Crippen molar-refractivity contribution < 1.29 is 14.1 Å². The Kier molecular flexibility index (Phi) is 4.99. The topological polar surface area (TPSA) is 75.4 Å². The van der Waals surface area contributed by atoms with Crippen LogP contribution in [0.4, 0.5) is 11.6 Å². The lowest BCUT2D eigenvalue weighted by atomic mass is 9.92. The van der Waals surface area contributed by atoms with Gasteiger partial charge in [-0.1, -0.05) is 49.1 Å². The molecule has 1 aromatic heterocycles. The van der Waals surface area contributed by atoms with E-state index in [1.165, 1.54) is 4.90 Å². The third kappa shape index (κ3) is 3.71. The molecule has 2 aromatic rings. The second-order valence-electron chi connectivity index (χ2n) is 7.23. The van der Waals surface area contributed by atoms with E-state index in [0.29, 0.717) is 22.2 Å². The van der Waals surface area contributed by atoms with E-state index in [4.69, 9.17) is 27.7 Å². The van der Waals surface area contributed by atoms with Crippen LogP contribution < -0.4 is 10.2 Å². The molecule has 0 saturated carbocycles. The lowest BCUT2D eigenvalue weighted by Gasteiger charge is -2.24. The molecule has 1 saturated heterocycles. The van der Waals surface area contributed by atoms with E-state index in [1.807, 2.05) is 20.8 Å². The van der Waals surface area contributed by atoms with Gasteiger partial charge in [-0.05, 0) is 24.6 Å². The van der Waals surface area contributed by atoms with E-state index in [2.05, 4.69) is 10.5 Å². The number of hydrogen-bond donors (Lipinski definition) is 1. The fourth-order valence-corrected chi connectivity index (χ4v) is 3.08. The van der Waals surface area contributed by atoms with Crippen molar-refractivity contribution in [3.8, 4) is 0 Å². The summed E-state index contributed by atoms with van der Waals surface area (Å²) in [4.78, 5) is 26.5. The number of anilines is 2. The number of carbonyl (C=O) groups excluding carboxylic acids is 2. The van der Waals surface area contributed by atoms with Gasteiger partial charge in [0.2, 0.25) is 17.7 Å². The molecular weight excluding hydrogens is 377 g/mol. The van der Waals surface area contributed by atoms with E-state index in [-0.39, 0.29) is 29.5 Å². The molecule has 6 nitrogen and oxygen atoms in total. The summed E-state index contributed by atoms with van der Waals surface area (Å²) in [6.45, 7) is 5.99. The first-order valence-corrected chi connectivity index (χ1v) is 8.97. The molecule has 1 aliphatic rings. The van der Waals surface area contributed by atoms with Crippen molar-refractivity contribution in [3.63, 3.8) is 0 Å². The standard InChI is InChI=1S/C18H19Cl2N3O3/c1-18(2,3)14-9-15(26-22-14)21-17(25)13-6-7-16(24)23(13)10-4-5-11(19)12(20)8-10/h4-5,8-9,13H,6-7H2,1-3H3,(H,21,25)/t13-/m0/s1. The summed E-state index contributed by atoms with van der Waals surface area (Å²) in [5.74, 6) is -0.219. The zero-order valence-electron chi connectivity index (χ0n) is 14.7. The Morgan fingerprint density at radius 2 is 2.00 bits per heavy atom. The predicted octanol–water partition coefficient (Wildman–Crippen LogP) is 4.41. The number of benzene rings is 1. The van der Waals surface area contributed by atoms with E-state index in [9.17, 15) is 9.59 Å². The molecule has 3 rings (SSSR count). The highest BCUT2D eigenvalue weighted by Crippen LogP contribution is 2.32. The molecule has 0 unspecified atom stereocenters. The highest BCUT2D eigenvalue weighted by atomic mass is 35.5. The van der Waals surface area contributed by atoms with Gasteiger partial charge < -0.3 is 4.52 Å². The molecule has 26 heavy (non-hydrogen) atoms. The van der Waals surface area contributed by atoms with Gasteiger partial charge >= 0.3 is 0 Å². The molecular formula is C18H19Cl2N3O3. The third-order valence-corrected chi connectivity index (χ3v) is 4.96. The first-order chi connectivity index (χ1) is 12.2. The molecule has 0 spiro atoms. The van der Waals surface area contributed by atoms with E-state index in [0.717, 1.165) is 5.69 Å². The van der Waals surface area contributed by atoms with Gasteiger partial charge in [0, 0.05) is 23.6 Å². The van der Waals surface area contributed by atoms with Gasteiger partial charge in [0.25, 0.3) is 0 Å². The number of aromatic nitrogens is 1. The van der Waals surface area contributed by atoms with Crippen molar-refractivity contribution in [2.75, 3.05) is 10.2 Å². The van der Waals surface area contributed by atoms with E-state index >= 15 is 0 Å². The number of nitrogens with one attached hydrogen (secondary N) is 1. The zero-order chi connectivity index (χ0) is 19.1. The van der Waals surface area contributed by atoms with Crippen LogP contribution in [0.5, 0.6) is 0 Å². The number of rotatable bonds is 3. The number of carbonyl (C=O) groups is 2. The first kappa shape index (κ1) is 18.7. The van der Waals surface area contributed by atoms with Crippen LogP contribution in [0.25, 0.3) is 0 Å². The second-order valence-corrected chi connectivity index (χ2v) is 8.05. The molecule has 1 aromatic carbocycles. The normalized spacial score (nSPS) is 17.7. The average Bonchev–Trinajstić information content (AvgIpc) is 3.16. The Bertz CT molecular complexity index is 858. The molecule has 1 aliphatic heterocycles. The lowest BCUT2D eigenvalue weighted by Crippen LogP contribution is -2.41. The Labute approximate surface area is 161 Å². The summed E-state index contributed by atoms with van der Waals surface area (Å²) in [6.07, 6.45) is 0.688. The molecule has 2 amide bonds. The number of amides is 2. The SMILES string of the molecule is CC(C)(C)c1cc(NC(=O)[C@@H]2CCC(=O)N2c2ccc(Cl)c(Cl)c2)on1. The monoisotopic (exact) mass is 395 g/mol. The van der Waals surface area contributed by atoms with Crippen LogP contribution in [0.1, 0.15) is 39.3 Å². The quantitative estimate of drug-likeness (QED) is 0.834. The lowest BCUT2D eigenvalue weighted by molar-refractivity contribution is -0.120. The molecule has 0 aliphatic carbocycles. The van der Waals surface area contributed by atoms with Crippen molar-refractivity contribution in [2.24, 2.45) is 0 Å². The average molecular weight is 396 g/mol. The van der Waals surface area contributed by atoms with Crippen molar-refractivity contribution in [2.45, 2.75) is 45.1 Å². The Hall–Kier alpha value is -2.05. The van der Waals surface area contributed by atoms with Crippen LogP contribution in [-0.4, -0.2) is 23.0 Å². The molecule has 1 atom stereocenters. The largest absolute Gasteiger partial charge is 0.338 e. The summed E-state index contributed by atoms with van der Waals surface area (Å²) >= 11 is 12.0. The van der Waals surface area contributed by atoms with Gasteiger partial charge in [0.05, 0.1) is 15.7 Å². The fourth-order valence-electron chi connectivity index (χ4n) is 2.78.